The number of hydrogen-bond acceptors (Lipinski definition) is 1. The van der Waals surface area contributed by atoms with Gasteiger partial charge in [0.1, 0.15) is 0 Å². The van der Waals surface area contributed by atoms with E-state index in [0.717, 1.165) is 0 Å². The summed E-state index contributed by atoms with van der Waals surface area (Å²) in [5, 5.41) is 8.31. The maximum Gasteiger partial charge on any atom is 0.325 e. The maximum atomic E-state index is 8.31. The minimum absolute atomic E-state index is 0.531. The summed E-state index contributed by atoms with van der Waals surface area (Å²) in [5.74, 6) is 0. The fourth-order valence-electron chi connectivity index (χ4n) is 0.0913. The molecule has 1 N–H and O–H groups in total. The number of rotatable bonds is 1. The van der Waals surface area contributed by atoms with Gasteiger partial charge in [0.15, 0.2) is 0 Å². The van der Waals surface area contributed by atoms with E-state index < -0.39 is 6.23 Å². The summed E-state index contributed by atoms with van der Waals surface area (Å²) >= 11 is 0. The first-order valence-corrected chi connectivity index (χ1v) is 1.86. The average molecular weight is 85.1 g/mol. The molecule has 2 heteroatoms. The topological polar surface area (TPSA) is 24.6 Å². The van der Waals surface area contributed by atoms with E-state index in [1.165, 1.54) is 0 Å². The third kappa shape index (κ3) is 1.74. The molecule has 0 fully saturated rings. The largest absolute Gasteiger partial charge is 0.326 e. The SMILES string of the molecule is [C-]#[N+]C(O)CC. The van der Waals surface area contributed by atoms with Crippen molar-refractivity contribution < 1.29 is 5.11 Å². The standard InChI is InChI=1S/C4H7NO/c1-3-4(6)5-2/h4,6H,3H2,1H3. The first-order chi connectivity index (χ1) is 2.81. The Labute approximate surface area is 37.2 Å². The number of nitrogens with zero attached hydrogens (tertiary/aromatic N) is 1. The molecular formula is C4H7NO. The fraction of sp³-hybridized carbons (Fsp3) is 0.750. The van der Waals surface area contributed by atoms with Crippen molar-refractivity contribution in [1.29, 1.82) is 0 Å². The molecule has 0 aliphatic carbocycles. The first kappa shape index (κ1) is 5.45. The van der Waals surface area contributed by atoms with Crippen molar-refractivity contribution in [3.05, 3.63) is 11.4 Å². The molecule has 0 saturated carbocycles. The summed E-state index contributed by atoms with van der Waals surface area (Å²) in [6, 6.07) is 0. The van der Waals surface area contributed by atoms with Crippen molar-refractivity contribution in [2.45, 2.75) is 19.6 Å². The van der Waals surface area contributed by atoms with Crippen LogP contribution >= 0.6 is 0 Å². The summed E-state index contributed by atoms with van der Waals surface area (Å²) in [6.07, 6.45) is -0.242. The van der Waals surface area contributed by atoms with Crippen molar-refractivity contribution in [2.75, 3.05) is 0 Å². The zero-order chi connectivity index (χ0) is 4.99. The van der Waals surface area contributed by atoms with Crippen molar-refractivity contribution >= 4 is 0 Å². The van der Waals surface area contributed by atoms with E-state index in [-0.39, 0.29) is 0 Å². The van der Waals surface area contributed by atoms with Gasteiger partial charge in [-0.2, -0.15) is 0 Å². The van der Waals surface area contributed by atoms with Gasteiger partial charge in [0.25, 0.3) is 0 Å². The van der Waals surface area contributed by atoms with Crippen LogP contribution in [-0.2, 0) is 0 Å². The lowest BCUT2D eigenvalue weighted by Crippen LogP contribution is -1.93. The molecule has 0 aromatic heterocycles. The normalized spacial score (nSPS) is 12.8. The monoisotopic (exact) mass is 85.1 g/mol. The summed E-state index contributed by atoms with van der Waals surface area (Å²) < 4.78 is 0. The zero-order valence-corrected chi connectivity index (χ0v) is 3.68. The molecule has 0 radical (unpaired) electrons. The molecule has 0 aromatic rings. The molecule has 1 atom stereocenters. The average Bonchev–Trinajstić information content (AvgIpc) is 1.65. The Hall–Kier alpha value is -0.550. The highest BCUT2D eigenvalue weighted by Crippen LogP contribution is 1.86. The van der Waals surface area contributed by atoms with Crippen LogP contribution in [0.1, 0.15) is 13.3 Å². The van der Waals surface area contributed by atoms with Crippen LogP contribution in [0.5, 0.6) is 0 Å². The van der Waals surface area contributed by atoms with Gasteiger partial charge in [0.05, 0.1) is 0 Å². The molecule has 0 saturated heterocycles. The Morgan fingerprint density at radius 2 is 2.50 bits per heavy atom. The van der Waals surface area contributed by atoms with Gasteiger partial charge in [-0.05, 0) is 0 Å². The van der Waals surface area contributed by atoms with Crippen LogP contribution in [0.2, 0.25) is 0 Å². The van der Waals surface area contributed by atoms with Crippen molar-refractivity contribution in [3.8, 4) is 0 Å². The summed E-state index contributed by atoms with van der Waals surface area (Å²) in [6.45, 7) is 7.95. The van der Waals surface area contributed by atoms with E-state index in [2.05, 4.69) is 4.85 Å². The van der Waals surface area contributed by atoms with Crippen LogP contribution in [0.25, 0.3) is 4.85 Å². The maximum absolute atomic E-state index is 8.31. The van der Waals surface area contributed by atoms with E-state index >= 15 is 0 Å². The molecule has 0 aromatic carbocycles. The minimum atomic E-state index is -0.773. The predicted molar refractivity (Wildman–Crippen MR) is 22.9 cm³/mol. The lowest BCUT2D eigenvalue weighted by molar-refractivity contribution is 0.216. The van der Waals surface area contributed by atoms with Gasteiger partial charge in [-0.15, -0.1) is 0 Å². The highest BCUT2D eigenvalue weighted by molar-refractivity contribution is 4.61. The smallest absolute Gasteiger partial charge is 0.325 e. The Bertz CT molecular complexity index is 64.4. The Morgan fingerprint density at radius 1 is 2.00 bits per heavy atom. The van der Waals surface area contributed by atoms with E-state index in [0.29, 0.717) is 6.42 Å². The zero-order valence-electron chi connectivity index (χ0n) is 3.68. The summed E-state index contributed by atoms with van der Waals surface area (Å²) in [7, 11) is 0. The summed E-state index contributed by atoms with van der Waals surface area (Å²) in [5.41, 5.74) is 0. The molecule has 1 unspecified atom stereocenters. The van der Waals surface area contributed by atoms with E-state index in [1.807, 2.05) is 0 Å². The fourth-order valence-corrected chi connectivity index (χ4v) is 0.0913. The molecule has 6 heavy (non-hydrogen) atoms. The van der Waals surface area contributed by atoms with Gasteiger partial charge in [0.2, 0.25) is 0 Å². The van der Waals surface area contributed by atoms with Crippen LogP contribution < -0.4 is 0 Å². The second-order valence-corrected chi connectivity index (χ2v) is 1.02. The lowest BCUT2D eigenvalue weighted by atomic mass is 10.4. The molecule has 0 aliphatic rings. The van der Waals surface area contributed by atoms with Crippen LogP contribution in [0, 0.1) is 6.57 Å². The van der Waals surface area contributed by atoms with E-state index in [1.54, 1.807) is 6.92 Å². The molecule has 0 amide bonds. The number of aliphatic hydroxyl groups excluding tert-OH is 1. The third-order valence-corrected chi connectivity index (χ3v) is 0.514. The van der Waals surface area contributed by atoms with Gasteiger partial charge in [0, 0.05) is 6.42 Å². The second kappa shape index (κ2) is 2.67. The van der Waals surface area contributed by atoms with Crippen LogP contribution in [-0.4, -0.2) is 11.3 Å². The van der Waals surface area contributed by atoms with Crippen LogP contribution in [0.15, 0.2) is 0 Å². The van der Waals surface area contributed by atoms with Crippen LogP contribution in [0.3, 0.4) is 0 Å². The van der Waals surface area contributed by atoms with Gasteiger partial charge in [-0.1, -0.05) is 6.92 Å². The Balaban J connectivity index is 3.04. The molecule has 2 nitrogen and oxygen atoms in total. The quantitative estimate of drug-likeness (QED) is 0.464. The van der Waals surface area contributed by atoms with Crippen LogP contribution in [0.4, 0.5) is 0 Å². The highest BCUT2D eigenvalue weighted by atomic mass is 16.3. The second-order valence-electron chi connectivity index (χ2n) is 1.02. The van der Waals surface area contributed by atoms with Crippen molar-refractivity contribution in [1.82, 2.24) is 0 Å². The van der Waals surface area contributed by atoms with Gasteiger partial charge < -0.3 is 5.11 Å². The van der Waals surface area contributed by atoms with Crippen molar-refractivity contribution in [3.63, 3.8) is 0 Å². The molecule has 0 rings (SSSR count). The van der Waals surface area contributed by atoms with E-state index in [4.69, 9.17) is 11.7 Å². The Morgan fingerprint density at radius 3 is 2.50 bits per heavy atom. The molecule has 0 heterocycles. The minimum Gasteiger partial charge on any atom is -0.326 e. The lowest BCUT2D eigenvalue weighted by Gasteiger charge is -1.84. The molecule has 0 aliphatic heterocycles. The highest BCUT2D eigenvalue weighted by Gasteiger charge is 1.96. The Kier molecular flexibility index (Phi) is 2.43. The number of hydrogen-bond donors (Lipinski definition) is 1. The van der Waals surface area contributed by atoms with Gasteiger partial charge in [-0.3, -0.25) is 4.85 Å². The summed E-state index contributed by atoms with van der Waals surface area (Å²) in [4.78, 5) is 2.81. The van der Waals surface area contributed by atoms with Crippen molar-refractivity contribution in [2.24, 2.45) is 0 Å². The number of aliphatic hydroxyl groups is 1. The van der Waals surface area contributed by atoms with E-state index in [9.17, 15) is 0 Å². The molecule has 34 valence electrons. The third-order valence-electron chi connectivity index (χ3n) is 0.514. The van der Waals surface area contributed by atoms with Gasteiger partial charge >= 0.3 is 6.23 Å². The van der Waals surface area contributed by atoms with Gasteiger partial charge in [-0.25, -0.2) is 6.57 Å². The molecule has 0 bridgehead atoms. The molecule has 0 spiro atoms. The predicted octanol–water partition coefficient (Wildman–Crippen LogP) is 0.634. The first-order valence-electron chi connectivity index (χ1n) is 1.86. The molecular weight excluding hydrogens is 78.0 g/mol.